The van der Waals surface area contributed by atoms with E-state index in [0.717, 1.165) is 9.79 Å². The predicted molar refractivity (Wildman–Crippen MR) is 98.9 cm³/mol. The van der Waals surface area contributed by atoms with Gasteiger partial charge in [-0.3, -0.25) is 9.59 Å². The van der Waals surface area contributed by atoms with Gasteiger partial charge in [-0.25, -0.2) is 4.98 Å². The van der Waals surface area contributed by atoms with Gasteiger partial charge in [0, 0.05) is 20.6 Å². The molecule has 0 aliphatic heterocycles. The highest BCUT2D eigenvalue weighted by atomic mass is 35.5. The average Bonchev–Trinajstić information content (AvgIpc) is 2.64. The molecule has 0 radical (unpaired) electrons. The van der Waals surface area contributed by atoms with Crippen LogP contribution >= 0.6 is 23.4 Å². The molecule has 0 bridgehead atoms. The van der Waals surface area contributed by atoms with Crippen molar-refractivity contribution < 1.29 is 19.8 Å². The maximum Gasteiger partial charge on any atom is 0.328 e. The van der Waals surface area contributed by atoms with E-state index in [4.69, 9.17) is 22.4 Å². The molecular formula is C18H13ClN2O4S. The van der Waals surface area contributed by atoms with Crippen LogP contribution in [0.1, 0.15) is 10.5 Å². The average molecular weight is 389 g/mol. The lowest BCUT2D eigenvalue weighted by molar-refractivity contribution is -0.137. The number of aliphatic carboxylic acids is 1. The number of aromatic hydroxyl groups is 1. The van der Waals surface area contributed by atoms with Crippen molar-refractivity contribution >= 4 is 45.9 Å². The number of Topliss-reactive ketones (excluding diaryl/α,β-unsaturated/α-hetero) is 1. The Bertz CT molecular complexity index is 1010. The molecule has 132 valence electrons. The molecule has 26 heavy (non-hydrogen) atoms. The van der Waals surface area contributed by atoms with Crippen LogP contribution in [0.4, 0.5) is 0 Å². The van der Waals surface area contributed by atoms with Crippen molar-refractivity contribution in [1.82, 2.24) is 4.98 Å². The third-order valence-corrected chi connectivity index (χ3v) is 4.95. The van der Waals surface area contributed by atoms with Crippen molar-refractivity contribution in [2.75, 3.05) is 0 Å². The number of carbonyl (C=O) groups excluding carboxylic acids is 1. The number of halogens is 1. The quantitative estimate of drug-likeness (QED) is 0.349. The normalized spacial score (nSPS) is 12.1. The van der Waals surface area contributed by atoms with Gasteiger partial charge in [0.2, 0.25) is 5.78 Å². The molecule has 3 aromatic rings. The SMILES string of the molecule is NC(C(=O)O)C(=O)c1nc(Cl)c2cc(Sc3ccccc3)ccc2c1O. The van der Waals surface area contributed by atoms with E-state index in [2.05, 4.69) is 4.98 Å². The van der Waals surface area contributed by atoms with Crippen molar-refractivity contribution in [3.63, 3.8) is 0 Å². The lowest BCUT2D eigenvalue weighted by Crippen LogP contribution is -2.38. The number of pyridine rings is 1. The third kappa shape index (κ3) is 3.50. The minimum absolute atomic E-state index is 0.0192. The van der Waals surface area contributed by atoms with Crippen molar-refractivity contribution in [3.05, 3.63) is 59.4 Å². The van der Waals surface area contributed by atoms with Crippen LogP contribution in [0.25, 0.3) is 10.8 Å². The van der Waals surface area contributed by atoms with Crippen LogP contribution in [0.5, 0.6) is 5.75 Å². The highest BCUT2D eigenvalue weighted by Gasteiger charge is 2.28. The van der Waals surface area contributed by atoms with Gasteiger partial charge in [0.25, 0.3) is 0 Å². The van der Waals surface area contributed by atoms with E-state index in [-0.39, 0.29) is 5.15 Å². The minimum Gasteiger partial charge on any atom is -0.505 e. The number of rotatable bonds is 5. The topological polar surface area (TPSA) is 114 Å². The van der Waals surface area contributed by atoms with Crippen LogP contribution in [-0.2, 0) is 4.79 Å². The Kier molecular flexibility index (Phi) is 5.13. The summed E-state index contributed by atoms with van der Waals surface area (Å²) in [7, 11) is 0. The molecule has 1 atom stereocenters. The molecule has 0 fully saturated rings. The van der Waals surface area contributed by atoms with Crippen molar-refractivity contribution in [3.8, 4) is 5.75 Å². The summed E-state index contributed by atoms with van der Waals surface area (Å²) in [4.78, 5) is 28.8. The fraction of sp³-hybridized carbons (Fsp3) is 0.0556. The maximum absolute atomic E-state index is 12.1. The van der Waals surface area contributed by atoms with Crippen LogP contribution in [0, 0.1) is 0 Å². The zero-order valence-corrected chi connectivity index (χ0v) is 14.8. The first-order valence-electron chi connectivity index (χ1n) is 7.46. The number of hydrogen-bond acceptors (Lipinski definition) is 6. The zero-order valence-electron chi connectivity index (χ0n) is 13.2. The number of benzene rings is 2. The van der Waals surface area contributed by atoms with Crippen LogP contribution < -0.4 is 5.73 Å². The molecule has 0 spiro atoms. The molecule has 0 aliphatic rings. The molecule has 2 aromatic carbocycles. The molecule has 0 amide bonds. The first-order chi connectivity index (χ1) is 12.4. The highest BCUT2D eigenvalue weighted by Crippen LogP contribution is 2.36. The molecule has 0 saturated heterocycles. The summed E-state index contributed by atoms with van der Waals surface area (Å²) in [6, 6.07) is 13.0. The van der Waals surface area contributed by atoms with Crippen molar-refractivity contribution in [2.24, 2.45) is 5.73 Å². The second-order valence-electron chi connectivity index (χ2n) is 5.40. The number of carbonyl (C=O) groups is 2. The maximum atomic E-state index is 12.1. The van der Waals surface area contributed by atoms with Crippen molar-refractivity contribution in [2.45, 2.75) is 15.8 Å². The Hall–Kier alpha value is -2.61. The molecule has 1 aromatic heterocycles. The van der Waals surface area contributed by atoms with Gasteiger partial charge in [-0.1, -0.05) is 41.6 Å². The monoisotopic (exact) mass is 388 g/mol. The Morgan fingerprint density at radius 3 is 2.42 bits per heavy atom. The largest absolute Gasteiger partial charge is 0.505 e. The van der Waals surface area contributed by atoms with E-state index in [0.29, 0.717) is 10.8 Å². The summed E-state index contributed by atoms with van der Waals surface area (Å²) in [5.41, 5.74) is 4.86. The van der Waals surface area contributed by atoms with Gasteiger partial charge in [0.05, 0.1) is 0 Å². The summed E-state index contributed by atoms with van der Waals surface area (Å²) in [5, 5.41) is 20.0. The molecule has 3 rings (SSSR count). The number of carboxylic acid groups (broad SMARTS) is 1. The second-order valence-corrected chi connectivity index (χ2v) is 6.91. The lowest BCUT2D eigenvalue weighted by Gasteiger charge is -2.11. The van der Waals surface area contributed by atoms with Crippen LogP contribution in [-0.4, -0.2) is 33.0 Å². The Morgan fingerprint density at radius 1 is 1.08 bits per heavy atom. The number of fused-ring (bicyclic) bond motifs is 1. The summed E-state index contributed by atoms with van der Waals surface area (Å²) >= 11 is 7.67. The van der Waals surface area contributed by atoms with Gasteiger partial charge < -0.3 is 15.9 Å². The second kappa shape index (κ2) is 7.33. The molecule has 1 heterocycles. The smallest absolute Gasteiger partial charge is 0.328 e. The lowest BCUT2D eigenvalue weighted by atomic mass is 10.1. The van der Waals surface area contributed by atoms with Crippen LogP contribution in [0.15, 0.2) is 58.3 Å². The number of hydrogen-bond donors (Lipinski definition) is 3. The Labute approximate surface area is 157 Å². The molecule has 8 heteroatoms. The predicted octanol–water partition coefficient (Wildman–Crippen LogP) is 3.34. The van der Waals surface area contributed by atoms with Gasteiger partial charge in [0.15, 0.2) is 17.5 Å². The summed E-state index contributed by atoms with van der Waals surface area (Å²) < 4.78 is 0. The van der Waals surface area contributed by atoms with Crippen molar-refractivity contribution in [1.29, 1.82) is 0 Å². The van der Waals surface area contributed by atoms with E-state index in [1.807, 2.05) is 30.3 Å². The first-order valence-corrected chi connectivity index (χ1v) is 8.65. The van der Waals surface area contributed by atoms with Crippen LogP contribution in [0.2, 0.25) is 5.15 Å². The molecule has 0 saturated carbocycles. The molecule has 0 aliphatic carbocycles. The first kappa shape index (κ1) is 18.2. The van der Waals surface area contributed by atoms with Gasteiger partial charge in [-0.15, -0.1) is 0 Å². The Balaban J connectivity index is 2.04. The van der Waals surface area contributed by atoms with Gasteiger partial charge >= 0.3 is 5.97 Å². The van der Waals surface area contributed by atoms with Gasteiger partial charge in [-0.2, -0.15) is 0 Å². The molecule has 6 nitrogen and oxygen atoms in total. The molecule has 1 unspecified atom stereocenters. The fourth-order valence-electron chi connectivity index (χ4n) is 2.36. The Morgan fingerprint density at radius 2 is 1.77 bits per heavy atom. The van der Waals surface area contributed by atoms with E-state index < -0.39 is 29.2 Å². The van der Waals surface area contributed by atoms with E-state index in [9.17, 15) is 14.7 Å². The molecular weight excluding hydrogens is 376 g/mol. The minimum atomic E-state index is -1.82. The number of carboxylic acids is 1. The number of nitrogens with two attached hydrogens (primary N) is 1. The summed E-state index contributed by atoms with van der Waals surface area (Å²) in [6.07, 6.45) is 0. The summed E-state index contributed by atoms with van der Waals surface area (Å²) in [5.74, 6) is -2.97. The van der Waals surface area contributed by atoms with Crippen LogP contribution in [0.3, 0.4) is 0 Å². The number of nitrogens with zero attached hydrogens (tertiary/aromatic N) is 1. The number of ketones is 1. The summed E-state index contributed by atoms with van der Waals surface area (Å²) in [6.45, 7) is 0. The van der Waals surface area contributed by atoms with E-state index in [1.54, 1.807) is 18.2 Å². The zero-order chi connectivity index (χ0) is 18.8. The molecule has 4 N–H and O–H groups in total. The fourth-order valence-corrected chi connectivity index (χ4v) is 3.48. The highest BCUT2D eigenvalue weighted by molar-refractivity contribution is 7.99. The van der Waals surface area contributed by atoms with Gasteiger partial charge in [0.1, 0.15) is 5.15 Å². The third-order valence-electron chi connectivity index (χ3n) is 3.66. The van der Waals surface area contributed by atoms with E-state index in [1.165, 1.54) is 11.8 Å². The van der Waals surface area contributed by atoms with E-state index >= 15 is 0 Å². The van der Waals surface area contributed by atoms with Gasteiger partial charge in [-0.05, 0) is 30.3 Å². The number of aromatic nitrogens is 1. The standard InChI is InChI=1S/C18H13ClN2O4S/c19-17-12-8-10(26-9-4-2-1-3-5-9)6-7-11(12)15(22)14(21-17)16(23)13(20)18(24)25/h1-8,13,22H,20H2,(H,24,25).